The van der Waals surface area contributed by atoms with Crippen molar-refractivity contribution in [2.75, 3.05) is 0 Å². The van der Waals surface area contributed by atoms with Crippen LogP contribution in [0.4, 0.5) is 4.79 Å². The highest BCUT2D eigenvalue weighted by molar-refractivity contribution is 7.90. The SMILES string of the molecule is NC(=O)NS(=O)(=O)c1cnc2ccccn12. The van der Waals surface area contributed by atoms with Gasteiger partial charge in [0, 0.05) is 6.20 Å². The number of urea groups is 1. The Hall–Kier alpha value is -2.09. The second kappa shape index (κ2) is 3.49. The van der Waals surface area contributed by atoms with E-state index < -0.39 is 16.1 Å². The lowest BCUT2D eigenvalue weighted by Gasteiger charge is -2.03. The summed E-state index contributed by atoms with van der Waals surface area (Å²) in [5.74, 6) is 0. The summed E-state index contributed by atoms with van der Waals surface area (Å²) in [4.78, 5) is 14.4. The molecule has 7 nitrogen and oxygen atoms in total. The van der Waals surface area contributed by atoms with Gasteiger partial charge in [0.15, 0.2) is 5.03 Å². The predicted molar refractivity (Wildman–Crippen MR) is 55.1 cm³/mol. The number of nitrogens with zero attached hydrogens (tertiary/aromatic N) is 2. The molecule has 0 aliphatic carbocycles. The number of amides is 2. The van der Waals surface area contributed by atoms with Crippen LogP contribution in [0.25, 0.3) is 5.65 Å². The maximum absolute atomic E-state index is 11.6. The molecule has 0 aromatic carbocycles. The Bertz CT molecular complexity index is 646. The van der Waals surface area contributed by atoms with Crippen molar-refractivity contribution in [1.82, 2.24) is 14.1 Å². The predicted octanol–water partition coefficient (Wildman–Crippen LogP) is -0.309. The third-order valence-corrected chi connectivity index (χ3v) is 3.22. The van der Waals surface area contributed by atoms with Crippen LogP contribution in [0.1, 0.15) is 0 Å². The normalized spacial score (nSPS) is 11.5. The molecule has 8 heteroatoms. The van der Waals surface area contributed by atoms with Crippen molar-refractivity contribution < 1.29 is 13.2 Å². The van der Waals surface area contributed by atoms with Crippen LogP contribution in [0.5, 0.6) is 0 Å². The minimum Gasteiger partial charge on any atom is -0.351 e. The number of aromatic nitrogens is 2. The van der Waals surface area contributed by atoms with E-state index in [9.17, 15) is 13.2 Å². The summed E-state index contributed by atoms with van der Waals surface area (Å²) < 4.78 is 26.3. The number of hydrogen-bond donors (Lipinski definition) is 2. The molecule has 2 rings (SSSR count). The first-order valence-electron chi connectivity index (χ1n) is 4.25. The third kappa shape index (κ3) is 1.70. The standard InChI is InChI=1S/C8H8N4O3S/c9-8(13)11-16(14,15)7-5-10-6-3-1-2-4-12(6)7/h1-5H,(H3,9,11,13). The molecule has 0 aliphatic heterocycles. The topological polar surface area (TPSA) is 107 Å². The van der Waals surface area contributed by atoms with E-state index in [1.54, 1.807) is 22.9 Å². The van der Waals surface area contributed by atoms with Crippen molar-refractivity contribution in [1.29, 1.82) is 0 Å². The van der Waals surface area contributed by atoms with Gasteiger partial charge in [-0.15, -0.1) is 0 Å². The molecule has 16 heavy (non-hydrogen) atoms. The van der Waals surface area contributed by atoms with Crippen molar-refractivity contribution >= 4 is 21.7 Å². The number of hydrogen-bond acceptors (Lipinski definition) is 4. The lowest BCUT2D eigenvalue weighted by atomic mass is 10.5. The van der Waals surface area contributed by atoms with E-state index in [4.69, 9.17) is 5.73 Å². The molecule has 2 aromatic heterocycles. The first kappa shape index (κ1) is 10.4. The molecular formula is C8H8N4O3S. The monoisotopic (exact) mass is 240 g/mol. The molecular weight excluding hydrogens is 232 g/mol. The summed E-state index contributed by atoms with van der Waals surface area (Å²) >= 11 is 0. The van der Waals surface area contributed by atoms with Crippen LogP contribution in [0, 0.1) is 0 Å². The fourth-order valence-corrected chi connectivity index (χ4v) is 2.27. The Kier molecular flexibility index (Phi) is 2.27. The van der Waals surface area contributed by atoms with Gasteiger partial charge >= 0.3 is 6.03 Å². The van der Waals surface area contributed by atoms with Crippen molar-refractivity contribution in [3.8, 4) is 0 Å². The average Bonchev–Trinajstić information content (AvgIpc) is 2.59. The molecule has 0 bridgehead atoms. The number of sulfonamides is 1. The highest BCUT2D eigenvalue weighted by Crippen LogP contribution is 2.11. The number of rotatable bonds is 2. The number of fused-ring (bicyclic) bond motifs is 1. The van der Waals surface area contributed by atoms with Gasteiger partial charge in [0.2, 0.25) is 0 Å². The molecule has 0 fully saturated rings. The van der Waals surface area contributed by atoms with Gasteiger partial charge in [0.25, 0.3) is 10.0 Å². The minimum absolute atomic E-state index is 0.137. The Morgan fingerprint density at radius 2 is 2.19 bits per heavy atom. The summed E-state index contributed by atoms with van der Waals surface area (Å²) in [7, 11) is -3.97. The summed E-state index contributed by atoms with van der Waals surface area (Å²) in [5.41, 5.74) is 5.23. The van der Waals surface area contributed by atoms with Gasteiger partial charge in [-0.3, -0.25) is 4.40 Å². The van der Waals surface area contributed by atoms with E-state index in [-0.39, 0.29) is 5.03 Å². The van der Waals surface area contributed by atoms with Gasteiger partial charge < -0.3 is 5.73 Å². The van der Waals surface area contributed by atoms with E-state index in [1.165, 1.54) is 10.6 Å². The van der Waals surface area contributed by atoms with Crippen LogP contribution in [-0.4, -0.2) is 23.8 Å². The lowest BCUT2D eigenvalue weighted by molar-refractivity contribution is 0.253. The fourth-order valence-electron chi connectivity index (χ4n) is 1.29. The molecule has 2 amide bonds. The zero-order chi connectivity index (χ0) is 11.8. The maximum atomic E-state index is 11.6. The van der Waals surface area contributed by atoms with Gasteiger partial charge in [-0.25, -0.2) is 14.5 Å². The molecule has 0 unspecified atom stereocenters. The minimum atomic E-state index is -3.97. The molecule has 0 saturated carbocycles. The summed E-state index contributed by atoms with van der Waals surface area (Å²) in [6.07, 6.45) is 2.68. The Morgan fingerprint density at radius 1 is 1.44 bits per heavy atom. The molecule has 3 N–H and O–H groups in total. The first-order valence-corrected chi connectivity index (χ1v) is 5.73. The zero-order valence-corrected chi connectivity index (χ0v) is 8.81. The van der Waals surface area contributed by atoms with Gasteiger partial charge in [-0.05, 0) is 12.1 Å². The zero-order valence-electron chi connectivity index (χ0n) is 7.99. The molecule has 0 radical (unpaired) electrons. The fraction of sp³-hybridized carbons (Fsp3) is 0. The molecule has 2 aromatic rings. The second-order valence-corrected chi connectivity index (χ2v) is 4.62. The molecule has 0 saturated heterocycles. The quantitative estimate of drug-likeness (QED) is 0.750. The number of carbonyl (C=O) groups excluding carboxylic acids is 1. The smallest absolute Gasteiger partial charge is 0.326 e. The summed E-state index contributed by atoms with van der Waals surface area (Å²) in [6, 6.07) is 3.88. The van der Waals surface area contributed by atoms with Crippen LogP contribution >= 0.6 is 0 Å². The number of imidazole rings is 1. The van der Waals surface area contributed by atoms with E-state index in [0.29, 0.717) is 5.65 Å². The average molecular weight is 240 g/mol. The maximum Gasteiger partial charge on any atom is 0.326 e. The van der Waals surface area contributed by atoms with Gasteiger partial charge in [0.1, 0.15) is 5.65 Å². The number of carbonyl (C=O) groups is 1. The number of nitrogens with one attached hydrogen (secondary N) is 1. The number of nitrogens with two attached hydrogens (primary N) is 1. The number of pyridine rings is 1. The largest absolute Gasteiger partial charge is 0.351 e. The van der Waals surface area contributed by atoms with E-state index in [1.807, 2.05) is 0 Å². The van der Waals surface area contributed by atoms with Crippen molar-refractivity contribution in [3.05, 3.63) is 30.6 Å². The lowest BCUT2D eigenvalue weighted by Crippen LogP contribution is -2.35. The first-order chi connectivity index (χ1) is 7.50. The summed E-state index contributed by atoms with van der Waals surface area (Å²) in [6.45, 7) is 0. The van der Waals surface area contributed by atoms with Gasteiger partial charge in [-0.1, -0.05) is 6.07 Å². The summed E-state index contributed by atoms with van der Waals surface area (Å²) in [5, 5.41) is -0.137. The van der Waals surface area contributed by atoms with Crippen LogP contribution in [0.2, 0.25) is 0 Å². The van der Waals surface area contributed by atoms with Crippen LogP contribution < -0.4 is 10.5 Å². The Labute approximate surface area is 90.9 Å². The van der Waals surface area contributed by atoms with E-state index >= 15 is 0 Å². The molecule has 0 atom stereocenters. The molecule has 0 aliphatic rings. The molecule has 2 heterocycles. The van der Waals surface area contributed by atoms with Crippen LogP contribution in [0.15, 0.2) is 35.6 Å². The highest BCUT2D eigenvalue weighted by Gasteiger charge is 2.20. The number of primary amides is 1. The molecule has 84 valence electrons. The van der Waals surface area contributed by atoms with Crippen molar-refractivity contribution in [2.45, 2.75) is 5.03 Å². The van der Waals surface area contributed by atoms with Crippen LogP contribution in [0.3, 0.4) is 0 Å². The highest BCUT2D eigenvalue weighted by atomic mass is 32.2. The Balaban J connectivity index is 2.60. The van der Waals surface area contributed by atoms with Gasteiger partial charge in [-0.2, -0.15) is 8.42 Å². The van der Waals surface area contributed by atoms with Crippen LogP contribution in [-0.2, 0) is 10.0 Å². The van der Waals surface area contributed by atoms with E-state index in [0.717, 1.165) is 6.20 Å². The van der Waals surface area contributed by atoms with Crippen molar-refractivity contribution in [2.24, 2.45) is 5.73 Å². The van der Waals surface area contributed by atoms with Gasteiger partial charge in [0.05, 0.1) is 6.20 Å². The second-order valence-electron chi connectivity index (χ2n) is 3.00. The van der Waals surface area contributed by atoms with Crippen molar-refractivity contribution in [3.63, 3.8) is 0 Å². The molecule has 0 spiro atoms. The Morgan fingerprint density at radius 3 is 2.88 bits per heavy atom. The third-order valence-electron chi connectivity index (χ3n) is 1.89. The van der Waals surface area contributed by atoms with E-state index in [2.05, 4.69) is 4.98 Å².